The minimum atomic E-state index is -1.30. The molecule has 0 rings (SSSR count). The summed E-state index contributed by atoms with van der Waals surface area (Å²) in [6.45, 7) is 7.80. The number of ketones is 1. The van der Waals surface area contributed by atoms with E-state index in [0.29, 0.717) is 52.7 Å². The lowest BCUT2D eigenvalue weighted by Gasteiger charge is -2.28. The molecule has 1 N–H and O–H groups in total. The third-order valence-corrected chi connectivity index (χ3v) is 3.26. The second-order valence-corrected chi connectivity index (χ2v) is 6.04. The van der Waals surface area contributed by atoms with Crippen LogP contribution in [0.4, 0.5) is 4.39 Å². The van der Waals surface area contributed by atoms with Crippen LogP contribution in [-0.2, 0) is 33.3 Å². The molecule has 0 aliphatic rings. The van der Waals surface area contributed by atoms with Crippen LogP contribution in [-0.4, -0.2) is 90.0 Å². The Labute approximate surface area is 154 Å². The normalized spacial score (nSPS) is 12.8. The van der Waals surface area contributed by atoms with E-state index in [9.17, 15) is 14.0 Å². The lowest BCUT2D eigenvalue weighted by atomic mass is 10.0. The molecule has 9 heteroatoms. The number of hydrogen-bond acceptors (Lipinski definition) is 7. The van der Waals surface area contributed by atoms with Gasteiger partial charge in [-0.15, -0.1) is 0 Å². The molecule has 0 radical (unpaired) electrons. The molecule has 0 aromatic heterocycles. The van der Waals surface area contributed by atoms with Crippen LogP contribution < -0.4 is 5.32 Å². The molecule has 0 heterocycles. The quantitative estimate of drug-likeness (QED) is 0.258. The summed E-state index contributed by atoms with van der Waals surface area (Å²) in [5.74, 6) is -0.0123. The maximum Gasteiger partial charge on any atom is 0.207 e. The molecule has 154 valence electrons. The van der Waals surface area contributed by atoms with E-state index in [2.05, 4.69) is 5.32 Å². The lowest BCUT2D eigenvalue weighted by Crippen LogP contribution is -2.43. The molecule has 1 atom stereocenters. The van der Waals surface area contributed by atoms with Gasteiger partial charge in [-0.05, 0) is 20.8 Å². The van der Waals surface area contributed by atoms with Crippen molar-refractivity contribution in [3.8, 4) is 0 Å². The van der Waals surface area contributed by atoms with Gasteiger partial charge < -0.3 is 29.0 Å². The first-order chi connectivity index (χ1) is 12.4. The summed E-state index contributed by atoms with van der Waals surface area (Å²) in [7, 11) is 0. The summed E-state index contributed by atoms with van der Waals surface area (Å²) in [6, 6.07) is 0. The molecule has 0 aromatic rings. The Kier molecular flexibility index (Phi) is 15.4. The Morgan fingerprint density at radius 1 is 0.962 bits per heavy atom. The minimum Gasteiger partial charge on any atom is -0.377 e. The zero-order valence-corrected chi connectivity index (χ0v) is 16.0. The van der Waals surface area contributed by atoms with Crippen LogP contribution in [0.2, 0.25) is 0 Å². The van der Waals surface area contributed by atoms with Gasteiger partial charge in [-0.3, -0.25) is 9.59 Å². The number of Topliss-reactive ketones (excluding diaryl/α,β-unsaturated/α-hetero) is 1. The predicted molar refractivity (Wildman–Crippen MR) is 93.0 cm³/mol. The number of carbonyl (C=O) groups is 2. The lowest BCUT2D eigenvalue weighted by molar-refractivity contribution is -0.122. The van der Waals surface area contributed by atoms with E-state index >= 15 is 0 Å². The summed E-state index contributed by atoms with van der Waals surface area (Å²) in [5, 5.41) is 2.29. The molecule has 0 bridgehead atoms. The Hall–Kier alpha value is -1.13. The Balaban J connectivity index is 3.35. The largest absolute Gasteiger partial charge is 0.377 e. The van der Waals surface area contributed by atoms with Crippen LogP contribution >= 0.6 is 0 Å². The average molecular weight is 381 g/mol. The van der Waals surface area contributed by atoms with Crippen molar-refractivity contribution in [3.05, 3.63) is 0 Å². The van der Waals surface area contributed by atoms with Gasteiger partial charge in [0.05, 0.1) is 65.0 Å². The van der Waals surface area contributed by atoms with Gasteiger partial charge in [0, 0.05) is 0 Å². The van der Waals surface area contributed by atoms with Crippen molar-refractivity contribution in [1.29, 1.82) is 0 Å². The van der Waals surface area contributed by atoms with Gasteiger partial charge in [-0.1, -0.05) is 0 Å². The third kappa shape index (κ3) is 15.2. The number of ether oxygens (including phenoxy) is 5. The van der Waals surface area contributed by atoms with E-state index in [0.717, 1.165) is 0 Å². The molecule has 8 nitrogen and oxygen atoms in total. The monoisotopic (exact) mass is 381 g/mol. The topological polar surface area (TPSA) is 92.3 Å². The van der Waals surface area contributed by atoms with Crippen LogP contribution in [0, 0.1) is 0 Å². The van der Waals surface area contributed by atoms with Crippen LogP contribution in [0.3, 0.4) is 0 Å². The second kappa shape index (κ2) is 16.1. The molecular weight excluding hydrogens is 349 g/mol. The van der Waals surface area contributed by atoms with Gasteiger partial charge in [-0.2, -0.15) is 0 Å². The van der Waals surface area contributed by atoms with Gasteiger partial charge in [0.2, 0.25) is 6.41 Å². The molecule has 0 saturated carbocycles. The van der Waals surface area contributed by atoms with Crippen molar-refractivity contribution in [3.63, 3.8) is 0 Å². The van der Waals surface area contributed by atoms with Crippen molar-refractivity contribution in [1.82, 2.24) is 5.32 Å². The number of halogens is 1. The third-order valence-electron chi connectivity index (χ3n) is 3.26. The van der Waals surface area contributed by atoms with Crippen molar-refractivity contribution < 1.29 is 37.7 Å². The smallest absolute Gasteiger partial charge is 0.207 e. The van der Waals surface area contributed by atoms with Gasteiger partial charge in [-0.25, -0.2) is 4.39 Å². The average Bonchev–Trinajstić information content (AvgIpc) is 2.59. The molecule has 0 saturated heterocycles. The molecule has 1 unspecified atom stereocenters. The van der Waals surface area contributed by atoms with E-state index in [-0.39, 0.29) is 25.5 Å². The molecule has 0 spiro atoms. The Morgan fingerprint density at radius 2 is 1.42 bits per heavy atom. The summed E-state index contributed by atoms with van der Waals surface area (Å²) in [4.78, 5) is 20.8. The fraction of sp³-hybridized carbons (Fsp3) is 0.882. The zero-order valence-electron chi connectivity index (χ0n) is 16.0. The number of nitrogens with one attached hydrogen (secondary N) is 1. The van der Waals surface area contributed by atoms with Crippen molar-refractivity contribution >= 4 is 12.2 Å². The highest BCUT2D eigenvalue weighted by Crippen LogP contribution is 2.17. The standard InChI is InChI=1S/C17H32FNO7/c1-15(21)13-25-9-8-23-5-4-22-6-7-24-10-11-26-17(2,3)16(18)12-19-14-20/h14,16H,4-13H2,1-3H3,(H,19,20). The van der Waals surface area contributed by atoms with E-state index < -0.39 is 11.8 Å². The fourth-order valence-electron chi connectivity index (χ4n) is 1.73. The van der Waals surface area contributed by atoms with E-state index in [1.54, 1.807) is 13.8 Å². The van der Waals surface area contributed by atoms with Crippen molar-refractivity contribution in [2.45, 2.75) is 32.5 Å². The van der Waals surface area contributed by atoms with E-state index in [1.807, 2.05) is 0 Å². The molecule has 0 aromatic carbocycles. The second-order valence-electron chi connectivity index (χ2n) is 6.04. The number of carbonyl (C=O) groups excluding carboxylic acids is 2. The first kappa shape index (κ1) is 24.9. The van der Waals surface area contributed by atoms with Crippen LogP contribution in [0.5, 0.6) is 0 Å². The van der Waals surface area contributed by atoms with Crippen LogP contribution in [0.15, 0.2) is 0 Å². The molecule has 1 amide bonds. The molecule has 0 fully saturated rings. The fourth-order valence-corrected chi connectivity index (χ4v) is 1.73. The molecule has 0 aliphatic carbocycles. The summed E-state index contributed by atoms with van der Waals surface area (Å²) < 4.78 is 40.2. The number of amides is 1. The van der Waals surface area contributed by atoms with Crippen LogP contribution in [0.1, 0.15) is 20.8 Å². The van der Waals surface area contributed by atoms with Crippen molar-refractivity contribution in [2.75, 3.05) is 66.0 Å². The molecule has 26 heavy (non-hydrogen) atoms. The first-order valence-corrected chi connectivity index (χ1v) is 8.65. The van der Waals surface area contributed by atoms with Gasteiger partial charge in [0.25, 0.3) is 0 Å². The predicted octanol–water partition coefficient (Wildman–Crippen LogP) is 0.521. The first-order valence-electron chi connectivity index (χ1n) is 8.65. The van der Waals surface area contributed by atoms with E-state index in [4.69, 9.17) is 23.7 Å². The Morgan fingerprint density at radius 3 is 1.88 bits per heavy atom. The highest BCUT2D eigenvalue weighted by atomic mass is 19.1. The summed E-state index contributed by atoms with van der Waals surface area (Å²) in [5.41, 5.74) is -0.999. The van der Waals surface area contributed by atoms with Gasteiger partial charge in [0.15, 0.2) is 5.78 Å². The zero-order chi connectivity index (χ0) is 19.7. The summed E-state index contributed by atoms with van der Waals surface area (Å²) in [6.07, 6.45) is -0.844. The number of alkyl halides is 1. The maximum absolute atomic E-state index is 13.8. The minimum absolute atomic E-state index is 0.0123. The highest BCUT2D eigenvalue weighted by Gasteiger charge is 2.30. The van der Waals surface area contributed by atoms with Gasteiger partial charge in [0.1, 0.15) is 12.8 Å². The molecular formula is C17H32FNO7. The maximum atomic E-state index is 13.8. The van der Waals surface area contributed by atoms with Gasteiger partial charge >= 0.3 is 0 Å². The SMILES string of the molecule is CC(=O)COCCOCCOCCOCCOC(C)(C)C(F)CNC=O. The summed E-state index contributed by atoms with van der Waals surface area (Å²) >= 11 is 0. The Bertz CT molecular complexity index is 369. The van der Waals surface area contributed by atoms with Crippen LogP contribution in [0.25, 0.3) is 0 Å². The number of rotatable bonds is 19. The number of hydrogen-bond donors (Lipinski definition) is 1. The van der Waals surface area contributed by atoms with E-state index in [1.165, 1.54) is 6.92 Å². The van der Waals surface area contributed by atoms with Crippen molar-refractivity contribution in [2.24, 2.45) is 0 Å². The molecule has 0 aliphatic heterocycles. The highest BCUT2D eigenvalue weighted by molar-refractivity contribution is 5.76.